The number of hydrogen-bond donors (Lipinski definition) is 1. The minimum Gasteiger partial charge on any atom is -0.327 e. The SMILES string of the molecule is NCC(F)c1cccs1. The quantitative estimate of drug-likeness (QED) is 0.673. The van der Waals surface area contributed by atoms with Crippen molar-refractivity contribution in [1.29, 1.82) is 0 Å². The van der Waals surface area contributed by atoms with E-state index in [0.29, 0.717) is 0 Å². The molecule has 0 saturated carbocycles. The second-order valence-corrected chi connectivity index (χ2v) is 2.70. The highest BCUT2D eigenvalue weighted by Gasteiger charge is 2.05. The van der Waals surface area contributed by atoms with Gasteiger partial charge in [-0.3, -0.25) is 0 Å². The summed E-state index contributed by atoms with van der Waals surface area (Å²) in [6.45, 7) is 0.0838. The van der Waals surface area contributed by atoms with Crippen LogP contribution in [0.2, 0.25) is 0 Å². The van der Waals surface area contributed by atoms with Crippen LogP contribution in [0.3, 0.4) is 0 Å². The number of halogens is 1. The molecule has 1 heterocycles. The lowest BCUT2D eigenvalue weighted by Crippen LogP contribution is -2.05. The van der Waals surface area contributed by atoms with Crippen LogP contribution in [0.4, 0.5) is 4.39 Å². The lowest BCUT2D eigenvalue weighted by atomic mass is 10.3. The molecule has 1 nitrogen and oxygen atoms in total. The molecule has 0 aliphatic heterocycles. The zero-order valence-corrected chi connectivity index (χ0v) is 5.70. The molecule has 1 atom stereocenters. The zero-order valence-electron chi connectivity index (χ0n) is 4.88. The maximum Gasteiger partial charge on any atom is 0.146 e. The molecule has 2 N–H and O–H groups in total. The predicted octanol–water partition coefficient (Wildman–Crippen LogP) is 1.72. The summed E-state index contributed by atoms with van der Waals surface area (Å²) < 4.78 is 12.6. The van der Waals surface area contributed by atoms with Crippen LogP contribution in [-0.2, 0) is 0 Å². The second-order valence-electron chi connectivity index (χ2n) is 1.72. The second kappa shape index (κ2) is 2.94. The number of thiophene rings is 1. The summed E-state index contributed by atoms with van der Waals surface area (Å²) in [5.74, 6) is 0. The maximum absolute atomic E-state index is 12.6. The van der Waals surface area contributed by atoms with Gasteiger partial charge >= 0.3 is 0 Å². The molecule has 1 unspecified atom stereocenters. The van der Waals surface area contributed by atoms with Crippen molar-refractivity contribution in [3.63, 3.8) is 0 Å². The molecular formula is C6H8FNS. The van der Waals surface area contributed by atoms with E-state index in [1.54, 1.807) is 6.07 Å². The monoisotopic (exact) mass is 145 g/mol. The normalized spacial score (nSPS) is 13.6. The van der Waals surface area contributed by atoms with E-state index in [0.717, 1.165) is 4.88 Å². The van der Waals surface area contributed by atoms with Gasteiger partial charge in [-0.25, -0.2) is 4.39 Å². The Morgan fingerprint density at radius 2 is 2.56 bits per heavy atom. The Hall–Kier alpha value is -0.410. The average Bonchev–Trinajstić information content (AvgIpc) is 2.37. The molecule has 0 radical (unpaired) electrons. The Morgan fingerprint density at radius 3 is 3.00 bits per heavy atom. The molecule has 1 rings (SSSR count). The number of nitrogens with two attached hydrogens (primary N) is 1. The number of hydrogen-bond acceptors (Lipinski definition) is 2. The standard InChI is InChI=1S/C6H8FNS/c7-5(4-8)6-2-1-3-9-6/h1-3,5H,4,8H2. The van der Waals surface area contributed by atoms with Crippen molar-refractivity contribution in [2.45, 2.75) is 6.17 Å². The summed E-state index contributed by atoms with van der Waals surface area (Å²) in [5.41, 5.74) is 5.09. The summed E-state index contributed by atoms with van der Waals surface area (Å²) in [4.78, 5) is 0.720. The first-order chi connectivity index (χ1) is 4.34. The van der Waals surface area contributed by atoms with E-state index in [2.05, 4.69) is 0 Å². The molecule has 0 aliphatic rings. The molecule has 0 aliphatic carbocycles. The average molecular weight is 145 g/mol. The van der Waals surface area contributed by atoms with Gasteiger partial charge in [-0.15, -0.1) is 11.3 Å². The Morgan fingerprint density at radius 1 is 1.78 bits per heavy atom. The summed E-state index contributed by atoms with van der Waals surface area (Å²) in [7, 11) is 0. The molecule has 0 fully saturated rings. The molecule has 0 aromatic carbocycles. The number of rotatable bonds is 2. The third-order valence-electron chi connectivity index (χ3n) is 1.06. The summed E-state index contributed by atoms with van der Waals surface area (Å²) in [6, 6.07) is 3.57. The van der Waals surface area contributed by atoms with Gasteiger partial charge < -0.3 is 5.73 Å². The summed E-state index contributed by atoms with van der Waals surface area (Å²) in [5, 5.41) is 1.84. The Balaban J connectivity index is 2.65. The van der Waals surface area contributed by atoms with Gasteiger partial charge in [0.15, 0.2) is 0 Å². The van der Waals surface area contributed by atoms with E-state index in [1.807, 2.05) is 11.4 Å². The lowest BCUT2D eigenvalue weighted by Gasteiger charge is -1.98. The van der Waals surface area contributed by atoms with Crippen molar-refractivity contribution >= 4 is 11.3 Å². The van der Waals surface area contributed by atoms with E-state index in [4.69, 9.17) is 5.73 Å². The van der Waals surface area contributed by atoms with E-state index in [9.17, 15) is 4.39 Å². The van der Waals surface area contributed by atoms with Crippen LogP contribution in [0.15, 0.2) is 17.5 Å². The maximum atomic E-state index is 12.6. The van der Waals surface area contributed by atoms with Crippen LogP contribution in [-0.4, -0.2) is 6.54 Å². The lowest BCUT2D eigenvalue weighted by molar-refractivity contribution is 0.358. The topological polar surface area (TPSA) is 26.0 Å². The van der Waals surface area contributed by atoms with Gasteiger partial charge in [0.2, 0.25) is 0 Å². The summed E-state index contributed by atoms with van der Waals surface area (Å²) >= 11 is 1.40. The Bertz CT molecular complexity index is 162. The van der Waals surface area contributed by atoms with Crippen LogP contribution in [0.5, 0.6) is 0 Å². The third-order valence-corrected chi connectivity index (χ3v) is 2.02. The first kappa shape index (κ1) is 6.71. The van der Waals surface area contributed by atoms with Gasteiger partial charge in [0.05, 0.1) is 0 Å². The predicted molar refractivity (Wildman–Crippen MR) is 37.2 cm³/mol. The van der Waals surface area contributed by atoms with Crippen LogP contribution in [0, 0.1) is 0 Å². The highest BCUT2D eigenvalue weighted by atomic mass is 32.1. The minimum atomic E-state index is -0.968. The van der Waals surface area contributed by atoms with Crippen LogP contribution >= 0.6 is 11.3 Å². The molecule has 1 aromatic rings. The summed E-state index contributed by atoms with van der Waals surface area (Å²) in [6.07, 6.45) is -0.968. The zero-order chi connectivity index (χ0) is 6.69. The minimum absolute atomic E-state index is 0.0838. The fourth-order valence-electron chi connectivity index (χ4n) is 0.586. The fourth-order valence-corrected chi connectivity index (χ4v) is 1.30. The van der Waals surface area contributed by atoms with Crippen molar-refractivity contribution in [2.75, 3.05) is 6.54 Å². The molecule has 0 spiro atoms. The van der Waals surface area contributed by atoms with Gasteiger partial charge in [-0.05, 0) is 11.4 Å². The molecule has 9 heavy (non-hydrogen) atoms. The Kier molecular flexibility index (Phi) is 2.19. The highest BCUT2D eigenvalue weighted by molar-refractivity contribution is 7.10. The van der Waals surface area contributed by atoms with Gasteiger partial charge in [-0.1, -0.05) is 6.07 Å². The van der Waals surface area contributed by atoms with Crippen molar-refractivity contribution in [3.8, 4) is 0 Å². The van der Waals surface area contributed by atoms with Gasteiger partial charge in [0.25, 0.3) is 0 Å². The third kappa shape index (κ3) is 1.50. The molecule has 0 saturated heterocycles. The molecular weight excluding hydrogens is 137 g/mol. The van der Waals surface area contributed by atoms with Crippen molar-refractivity contribution in [1.82, 2.24) is 0 Å². The van der Waals surface area contributed by atoms with E-state index in [1.165, 1.54) is 11.3 Å². The molecule has 0 bridgehead atoms. The molecule has 0 amide bonds. The van der Waals surface area contributed by atoms with Crippen molar-refractivity contribution < 1.29 is 4.39 Å². The van der Waals surface area contributed by atoms with Gasteiger partial charge in [0.1, 0.15) is 6.17 Å². The van der Waals surface area contributed by atoms with E-state index in [-0.39, 0.29) is 6.54 Å². The van der Waals surface area contributed by atoms with Gasteiger partial charge in [-0.2, -0.15) is 0 Å². The first-order valence-corrected chi connectivity index (χ1v) is 3.60. The van der Waals surface area contributed by atoms with E-state index < -0.39 is 6.17 Å². The fraction of sp³-hybridized carbons (Fsp3) is 0.333. The largest absolute Gasteiger partial charge is 0.327 e. The van der Waals surface area contributed by atoms with Crippen LogP contribution < -0.4 is 5.73 Å². The van der Waals surface area contributed by atoms with Crippen LogP contribution in [0.25, 0.3) is 0 Å². The van der Waals surface area contributed by atoms with Crippen molar-refractivity contribution in [2.24, 2.45) is 5.73 Å². The van der Waals surface area contributed by atoms with Crippen LogP contribution in [0.1, 0.15) is 11.0 Å². The van der Waals surface area contributed by atoms with Crippen molar-refractivity contribution in [3.05, 3.63) is 22.4 Å². The number of alkyl halides is 1. The first-order valence-electron chi connectivity index (χ1n) is 2.72. The molecule has 50 valence electrons. The van der Waals surface area contributed by atoms with E-state index >= 15 is 0 Å². The van der Waals surface area contributed by atoms with Gasteiger partial charge in [0, 0.05) is 11.4 Å². The Labute approximate surface area is 57.3 Å². The highest BCUT2D eigenvalue weighted by Crippen LogP contribution is 2.20. The smallest absolute Gasteiger partial charge is 0.146 e. The molecule has 3 heteroatoms. The molecule has 1 aromatic heterocycles.